The van der Waals surface area contributed by atoms with Crippen molar-refractivity contribution in [3.8, 4) is 0 Å². The summed E-state index contributed by atoms with van der Waals surface area (Å²) in [4.78, 5) is 12.8. The van der Waals surface area contributed by atoms with E-state index in [4.69, 9.17) is 5.73 Å². The molecule has 0 heterocycles. The number of anilines is 3. The van der Waals surface area contributed by atoms with E-state index in [0.717, 1.165) is 40.8 Å². The molecule has 3 aromatic carbocycles. The van der Waals surface area contributed by atoms with Crippen LogP contribution in [0.4, 0.5) is 21.5 Å². The van der Waals surface area contributed by atoms with Crippen molar-refractivity contribution < 1.29 is 9.18 Å². The summed E-state index contributed by atoms with van der Waals surface area (Å²) in [5, 5.41) is 3.20. The van der Waals surface area contributed by atoms with E-state index in [2.05, 4.69) is 5.32 Å². The lowest BCUT2D eigenvalue weighted by molar-refractivity contribution is 0.103. The molecule has 0 amide bonds. The number of hydrogen-bond acceptors (Lipinski definition) is 3. The van der Waals surface area contributed by atoms with E-state index < -0.39 is 0 Å². The number of nitrogens with one attached hydrogen (secondary N) is 1. The molecule has 3 nitrogen and oxygen atoms in total. The summed E-state index contributed by atoms with van der Waals surface area (Å²) in [5.41, 5.74) is 11.3. The molecule has 0 aromatic heterocycles. The molecule has 0 radical (unpaired) electrons. The molecular formula is C21H17FN2O. The number of nitrogen functional groups attached to an aromatic ring is 1. The van der Waals surface area contributed by atoms with Crippen molar-refractivity contribution >= 4 is 22.8 Å². The van der Waals surface area contributed by atoms with E-state index >= 15 is 0 Å². The van der Waals surface area contributed by atoms with Gasteiger partial charge in [0, 0.05) is 16.8 Å². The smallest absolute Gasteiger partial charge is 0.193 e. The SMILES string of the molecule is Nc1cc(F)ccc1Nc1ccc2c(c1)CCc1ccccc1C2=O. The highest BCUT2D eigenvalue weighted by Gasteiger charge is 2.20. The molecule has 0 atom stereocenters. The van der Waals surface area contributed by atoms with E-state index in [0.29, 0.717) is 11.4 Å². The number of carbonyl (C=O) groups excluding carboxylic acids is 1. The van der Waals surface area contributed by atoms with Crippen molar-refractivity contribution in [2.24, 2.45) is 0 Å². The largest absolute Gasteiger partial charge is 0.397 e. The van der Waals surface area contributed by atoms with Gasteiger partial charge in [-0.25, -0.2) is 4.39 Å². The predicted molar refractivity (Wildman–Crippen MR) is 97.8 cm³/mol. The number of ketones is 1. The number of aryl methyl sites for hydroxylation is 2. The molecule has 3 N–H and O–H groups in total. The quantitative estimate of drug-likeness (QED) is 0.680. The molecule has 0 bridgehead atoms. The van der Waals surface area contributed by atoms with Gasteiger partial charge in [-0.2, -0.15) is 0 Å². The van der Waals surface area contributed by atoms with Crippen LogP contribution in [-0.4, -0.2) is 5.78 Å². The number of halogens is 1. The van der Waals surface area contributed by atoms with Gasteiger partial charge < -0.3 is 11.1 Å². The third kappa shape index (κ3) is 2.87. The molecule has 0 aliphatic heterocycles. The van der Waals surface area contributed by atoms with Crippen molar-refractivity contribution in [1.82, 2.24) is 0 Å². The normalized spacial score (nSPS) is 12.9. The van der Waals surface area contributed by atoms with E-state index in [9.17, 15) is 9.18 Å². The average molecular weight is 332 g/mol. The second-order valence-corrected chi connectivity index (χ2v) is 6.21. The van der Waals surface area contributed by atoms with Gasteiger partial charge >= 0.3 is 0 Å². The minimum atomic E-state index is -0.367. The summed E-state index contributed by atoms with van der Waals surface area (Å²) in [6.45, 7) is 0. The maximum atomic E-state index is 13.2. The van der Waals surface area contributed by atoms with Crippen LogP contribution in [0.2, 0.25) is 0 Å². The first-order valence-corrected chi connectivity index (χ1v) is 8.19. The van der Waals surface area contributed by atoms with Gasteiger partial charge in [-0.3, -0.25) is 4.79 Å². The Morgan fingerprint density at radius 2 is 1.64 bits per heavy atom. The van der Waals surface area contributed by atoms with Crippen LogP contribution in [0, 0.1) is 5.82 Å². The summed E-state index contributed by atoms with van der Waals surface area (Å²) >= 11 is 0. The number of benzene rings is 3. The lowest BCUT2D eigenvalue weighted by Crippen LogP contribution is -2.05. The van der Waals surface area contributed by atoms with Crippen molar-refractivity contribution in [1.29, 1.82) is 0 Å². The zero-order valence-electron chi connectivity index (χ0n) is 13.6. The van der Waals surface area contributed by atoms with Crippen molar-refractivity contribution in [2.45, 2.75) is 12.8 Å². The van der Waals surface area contributed by atoms with Crippen LogP contribution < -0.4 is 11.1 Å². The van der Waals surface area contributed by atoms with Crippen LogP contribution in [0.5, 0.6) is 0 Å². The number of rotatable bonds is 2. The van der Waals surface area contributed by atoms with Crippen LogP contribution >= 0.6 is 0 Å². The first-order chi connectivity index (χ1) is 12.1. The highest BCUT2D eigenvalue weighted by Crippen LogP contribution is 2.29. The Morgan fingerprint density at radius 3 is 2.48 bits per heavy atom. The minimum Gasteiger partial charge on any atom is -0.397 e. The van der Waals surface area contributed by atoms with E-state index in [-0.39, 0.29) is 11.6 Å². The zero-order chi connectivity index (χ0) is 17.4. The molecule has 0 unspecified atom stereocenters. The summed E-state index contributed by atoms with van der Waals surface area (Å²) < 4.78 is 13.2. The highest BCUT2D eigenvalue weighted by atomic mass is 19.1. The molecule has 1 aliphatic carbocycles. The Balaban J connectivity index is 1.68. The van der Waals surface area contributed by atoms with Crippen molar-refractivity contribution in [3.63, 3.8) is 0 Å². The van der Waals surface area contributed by atoms with Gasteiger partial charge in [0.25, 0.3) is 0 Å². The van der Waals surface area contributed by atoms with Crippen LogP contribution in [0.3, 0.4) is 0 Å². The first kappa shape index (κ1) is 15.4. The lowest BCUT2D eigenvalue weighted by Gasteiger charge is -2.12. The molecule has 4 rings (SSSR count). The molecule has 4 heteroatoms. The summed E-state index contributed by atoms with van der Waals surface area (Å²) in [5.74, 6) is -0.302. The maximum Gasteiger partial charge on any atom is 0.193 e. The third-order valence-corrected chi connectivity index (χ3v) is 4.57. The summed E-state index contributed by atoms with van der Waals surface area (Å²) in [6.07, 6.45) is 1.63. The highest BCUT2D eigenvalue weighted by molar-refractivity contribution is 6.11. The molecule has 124 valence electrons. The van der Waals surface area contributed by atoms with Gasteiger partial charge in [0.05, 0.1) is 11.4 Å². The fraction of sp³-hybridized carbons (Fsp3) is 0.0952. The summed E-state index contributed by atoms with van der Waals surface area (Å²) in [6, 6.07) is 17.7. The fourth-order valence-corrected chi connectivity index (χ4v) is 3.28. The van der Waals surface area contributed by atoms with Gasteiger partial charge in [0.1, 0.15) is 5.82 Å². The molecular weight excluding hydrogens is 315 g/mol. The first-order valence-electron chi connectivity index (χ1n) is 8.19. The Labute approximate surface area is 145 Å². The fourth-order valence-electron chi connectivity index (χ4n) is 3.28. The van der Waals surface area contributed by atoms with Gasteiger partial charge in [0.15, 0.2) is 5.78 Å². The molecule has 0 saturated heterocycles. The zero-order valence-corrected chi connectivity index (χ0v) is 13.6. The van der Waals surface area contributed by atoms with Crippen molar-refractivity contribution in [3.05, 3.63) is 88.7 Å². The Morgan fingerprint density at radius 1 is 0.880 bits per heavy atom. The average Bonchev–Trinajstić information content (AvgIpc) is 2.75. The standard InChI is InChI=1S/C21H17FN2O/c22-15-7-10-20(19(23)12-15)24-16-8-9-18-14(11-16)6-5-13-3-1-2-4-17(13)21(18)25/h1-4,7-12,24H,5-6,23H2. The second kappa shape index (κ2) is 6.06. The monoisotopic (exact) mass is 332 g/mol. The van der Waals surface area contributed by atoms with Gasteiger partial charge in [0.2, 0.25) is 0 Å². The van der Waals surface area contributed by atoms with E-state index in [1.54, 1.807) is 6.07 Å². The van der Waals surface area contributed by atoms with E-state index in [1.807, 2.05) is 42.5 Å². The molecule has 0 spiro atoms. The van der Waals surface area contributed by atoms with Gasteiger partial charge in [-0.05, 0) is 60.4 Å². The maximum absolute atomic E-state index is 13.2. The molecule has 3 aromatic rings. The van der Waals surface area contributed by atoms with E-state index in [1.165, 1.54) is 12.1 Å². The Hall–Kier alpha value is -3.14. The molecule has 25 heavy (non-hydrogen) atoms. The molecule has 1 aliphatic rings. The molecule has 0 fully saturated rings. The number of carbonyl (C=O) groups is 1. The van der Waals surface area contributed by atoms with Gasteiger partial charge in [-0.15, -0.1) is 0 Å². The Kier molecular flexibility index (Phi) is 3.73. The van der Waals surface area contributed by atoms with Crippen LogP contribution in [0.1, 0.15) is 27.0 Å². The number of hydrogen-bond donors (Lipinski definition) is 2. The second-order valence-electron chi connectivity index (χ2n) is 6.21. The summed E-state index contributed by atoms with van der Waals surface area (Å²) in [7, 11) is 0. The minimum absolute atomic E-state index is 0.0657. The number of fused-ring (bicyclic) bond motifs is 2. The third-order valence-electron chi connectivity index (χ3n) is 4.57. The number of nitrogens with two attached hydrogens (primary N) is 1. The lowest BCUT2D eigenvalue weighted by atomic mass is 9.98. The van der Waals surface area contributed by atoms with Crippen LogP contribution in [-0.2, 0) is 12.8 Å². The molecule has 0 saturated carbocycles. The topological polar surface area (TPSA) is 55.1 Å². The van der Waals surface area contributed by atoms with Crippen LogP contribution in [0.25, 0.3) is 0 Å². The Bertz CT molecular complexity index is 981. The van der Waals surface area contributed by atoms with Crippen LogP contribution in [0.15, 0.2) is 60.7 Å². The van der Waals surface area contributed by atoms with Gasteiger partial charge in [-0.1, -0.05) is 24.3 Å². The predicted octanol–water partition coefficient (Wildman–Crippen LogP) is 4.48. The van der Waals surface area contributed by atoms with Crippen molar-refractivity contribution in [2.75, 3.05) is 11.1 Å².